The fraction of sp³-hybridized carbons (Fsp3) is 0.538. The van der Waals surface area contributed by atoms with Crippen LogP contribution in [0.4, 0.5) is 12.9 Å². The summed E-state index contributed by atoms with van der Waals surface area (Å²) in [5.74, 6) is 1.28. The highest BCUT2D eigenvalue weighted by molar-refractivity contribution is 6.73. The van der Waals surface area contributed by atoms with E-state index in [1.165, 1.54) is 12.1 Å². The Kier molecular flexibility index (Phi) is 3.88. The summed E-state index contributed by atoms with van der Waals surface area (Å²) in [6.07, 6.45) is 4.41. The van der Waals surface area contributed by atoms with E-state index >= 15 is 0 Å². The number of rotatable bonds is 3. The number of ether oxygens (including phenoxy) is 1. The quantitative estimate of drug-likeness (QED) is 0.750. The van der Waals surface area contributed by atoms with Crippen LogP contribution >= 0.6 is 0 Å². The summed E-state index contributed by atoms with van der Waals surface area (Å²) in [5, 5.41) is 0. The summed E-state index contributed by atoms with van der Waals surface area (Å²) in [7, 11) is 0. The van der Waals surface area contributed by atoms with E-state index in [1.807, 2.05) is 0 Å². The van der Waals surface area contributed by atoms with E-state index in [2.05, 4.69) is 6.92 Å². The Hall–Kier alpha value is -1.13. The summed E-state index contributed by atoms with van der Waals surface area (Å²) >= 11 is 0. The summed E-state index contributed by atoms with van der Waals surface area (Å²) < 4.78 is 43.0. The maximum atomic E-state index is 12.4. The molecule has 1 fully saturated rings. The second-order valence-corrected chi connectivity index (χ2v) is 5.14. The molecule has 0 N–H and O–H groups in total. The van der Waals surface area contributed by atoms with Crippen molar-refractivity contribution in [1.82, 2.24) is 0 Å². The second kappa shape index (κ2) is 5.25. The van der Waals surface area contributed by atoms with Crippen molar-refractivity contribution in [3.05, 3.63) is 24.3 Å². The van der Waals surface area contributed by atoms with Crippen molar-refractivity contribution in [2.24, 2.45) is 5.92 Å². The maximum Gasteiger partial charge on any atom is 0.509 e. The second-order valence-electron chi connectivity index (χ2n) is 5.14. The molecule has 1 nitrogen and oxygen atoms in total. The Morgan fingerprint density at radius 3 is 2.06 bits per heavy atom. The molecule has 0 radical (unpaired) electrons. The molecule has 0 aliphatic heterocycles. The molecule has 2 rings (SSSR count). The molecule has 1 aromatic rings. The summed E-state index contributed by atoms with van der Waals surface area (Å²) in [6, 6.07) is 5.03. The molecular weight excluding hydrogens is 240 g/mol. The smallest absolute Gasteiger partial charge is 0.490 e. The Labute approximate surface area is 105 Å². The van der Waals surface area contributed by atoms with Crippen LogP contribution in [0.1, 0.15) is 32.6 Å². The predicted molar refractivity (Wildman–Crippen MR) is 67.2 cm³/mol. The number of hydrogen-bond donors (Lipinski definition) is 0. The van der Waals surface area contributed by atoms with Gasteiger partial charge in [0.1, 0.15) is 5.75 Å². The molecule has 1 saturated carbocycles. The first kappa shape index (κ1) is 13.3. The SMILES string of the molecule is CC1CCC(Oc2ccc([B-](F)(F)F)cc2)CC1. The summed E-state index contributed by atoms with van der Waals surface area (Å²) in [4.78, 5) is 0. The van der Waals surface area contributed by atoms with E-state index < -0.39 is 12.4 Å². The molecule has 18 heavy (non-hydrogen) atoms. The number of hydrogen-bond acceptors (Lipinski definition) is 1. The van der Waals surface area contributed by atoms with Gasteiger partial charge in [0.15, 0.2) is 0 Å². The molecule has 0 aromatic heterocycles. The average Bonchev–Trinajstić information content (AvgIpc) is 2.32. The first-order valence-electron chi connectivity index (χ1n) is 6.41. The zero-order chi connectivity index (χ0) is 13.2. The Bertz CT molecular complexity index is 380. The predicted octanol–water partition coefficient (Wildman–Crippen LogP) is 3.70. The summed E-state index contributed by atoms with van der Waals surface area (Å²) in [5.41, 5.74) is -0.570. The normalized spacial score (nSPS) is 24.9. The van der Waals surface area contributed by atoms with Crippen LogP contribution in [0, 0.1) is 5.92 Å². The van der Waals surface area contributed by atoms with Gasteiger partial charge in [-0.3, -0.25) is 0 Å². The third-order valence-corrected chi connectivity index (χ3v) is 3.52. The van der Waals surface area contributed by atoms with E-state index in [0.717, 1.165) is 43.7 Å². The Balaban J connectivity index is 1.94. The van der Waals surface area contributed by atoms with Crippen LogP contribution < -0.4 is 10.2 Å². The van der Waals surface area contributed by atoms with Gasteiger partial charge in [0, 0.05) is 0 Å². The molecule has 1 aliphatic rings. The van der Waals surface area contributed by atoms with E-state index in [1.54, 1.807) is 0 Å². The van der Waals surface area contributed by atoms with Crippen molar-refractivity contribution >= 4 is 12.4 Å². The van der Waals surface area contributed by atoms with Crippen LogP contribution in [0.3, 0.4) is 0 Å². The van der Waals surface area contributed by atoms with Crippen LogP contribution in [0.15, 0.2) is 24.3 Å². The molecule has 0 unspecified atom stereocenters. The lowest BCUT2D eigenvalue weighted by atomic mass is 9.80. The highest BCUT2D eigenvalue weighted by atomic mass is 19.4. The van der Waals surface area contributed by atoms with Crippen LogP contribution in [0.5, 0.6) is 5.75 Å². The Morgan fingerprint density at radius 2 is 1.56 bits per heavy atom. The minimum atomic E-state index is -4.91. The molecule has 0 amide bonds. The molecule has 0 atom stereocenters. The standard InChI is InChI=1S/C13H17BF3O/c1-10-2-6-12(7-3-10)18-13-8-4-11(5-9-13)14(15,16)17/h4-5,8-10,12H,2-3,6-7H2,1H3/q-1. The zero-order valence-corrected chi connectivity index (χ0v) is 10.4. The molecule has 0 heterocycles. The molecular formula is C13H17BF3O-. The van der Waals surface area contributed by atoms with Crippen molar-refractivity contribution in [1.29, 1.82) is 0 Å². The van der Waals surface area contributed by atoms with E-state index in [9.17, 15) is 12.9 Å². The van der Waals surface area contributed by atoms with E-state index in [-0.39, 0.29) is 6.10 Å². The lowest BCUT2D eigenvalue weighted by Crippen LogP contribution is -2.33. The lowest BCUT2D eigenvalue weighted by molar-refractivity contribution is 0.135. The van der Waals surface area contributed by atoms with Crippen molar-refractivity contribution in [3.63, 3.8) is 0 Å². The molecule has 1 aliphatic carbocycles. The van der Waals surface area contributed by atoms with Gasteiger partial charge >= 0.3 is 6.98 Å². The van der Waals surface area contributed by atoms with Gasteiger partial charge in [-0.15, -0.1) is 5.46 Å². The van der Waals surface area contributed by atoms with Gasteiger partial charge in [-0.2, -0.15) is 0 Å². The lowest BCUT2D eigenvalue weighted by Gasteiger charge is -2.27. The van der Waals surface area contributed by atoms with Gasteiger partial charge in [-0.25, -0.2) is 0 Å². The molecule has 0 bridgehead atoms. The molecule has 0 spiro atoms. The van der Waals surface area contributed by atoms with Crippen LogP contribution in [-0.4, -0.2) is 13.1 Å². The van der Waals surface area contributed by atoms with Gasteiger partial charge in [-0.05, 0) is 43.7 Å². The fourth-order valence-corrected chi connectivity index (χ4v) is 2.30. The van der Waals surface area contributed by atoms with E-state index in [0.29, 0.717) is 5.75 Å². The topological polar surface area (TPSA) is 9.23 Å². The van der Waals surface area contributed by atoms with E-state index in [4.69, 9.17) is 4.74 Å². The molecule has 0 saturated heterocycles. The summed E-state index contributed by atoms with van der Waals surface area (Å²) in [6.45, 7) is -2.69. The zero-order valence-electron chi connectivity index (χ0n) is 10.4. The molecule has 5 heteroatoms. The first-order valence-corrected chi connectivity index (χ1v) is 6.41. The highest BCUT2D eigenvalue weighted by Gasteiger charge is 2.25. The van der Waals surface area contributed by atoms with Crippen LogP contribution in [-0.2, 0) is 0 Å². The largest absolute Gasteiger partial charge is 0.509 e. The minimum absolute atomic E-state index is 0.156. The van der Waals surface area contributed by atoms with Gasteiger partial charge in [0.05, 0.1) is 6.10 Å². The van der Waals surface area contributed by atoms with Crippen molar-refractivity contribution in [2.75, 3.05) is 0 Å². The van der Waals surface area contributed by atoms with Crippen LogP contribution in [0.2, 0.25) is 0 Å². The molecule has 100 valence electrons. The average molecular weight is 257 g/mol. The van der Waals surface area contributed by atoms with Crippen molar-refractivity contribution in [2.45, 2.75) is 38.7 Å². The first-order chi connectivity index (χ1) is 8.45. The Morgan fingerprint density at radius 1 is 1.00 bits per heavy atom. The minimum Gasteiger partial charge on any atom is -0.490 e. The van der Waals surface area contributed by atoms with Gasteiger partial charge in [0.2, 0.25) is 0 Å². The van der Waals surface area contributed by atoms with Gasteiger partial charge in [0.25, 0.3) is 0 Å². The van der Waals surface area contributed by atoms with Gasteiger partial charge < -0.3 is 17.7 Å². The number of benzene rings is 1. The highest BCUT2D eigenvalue weighted by Crippen LogP contribution is 2.27. The third-order valence-electron chi connectivity index (χ3n) is 3.52. The monoisotopic (exact) mass is 257 g/mol. The van der Waals surface area contributed by atoms with Crippen molar-refractivity contribution < 1.29 is 17.7 Å². The van der Waals surface area contributed by atoms with Crippen molar-refractivity contribution in [3.8, 4) is 5.75 Å². The fourth-order valence-electron chi connectivity index (χ4n) is 2.30. The molecule has 1 aromatic carbocycles. The van der Waals surface area contributed by atoms with Crippen LogP contribution in [0.25, 0.3) is 0 Å². The third kappa shape index (κ3) is 3.43. The number of halogens is 3. The van der Waals surface area contributed by atoms with Gasteiger partial charge in [-0.1, -0.05) is 19.1 Å². The maximum absolute atomic E-state index is 12.4.